The van der Waals surface area contributed by atoms with E-state index in [2.05, 4.69) is 63.2 Å². The minimum absolute atomic E-state index is 0.137. The maximum Gasteiger partial charge on any atom is 0.0303 e. The van der Waals surface area contributed by atoms with E-state index >= 15 is 0 Å². The lowest BCUT2D eigenvalue weighted by Gasteiger charge is -2.14. The van der Waals surface area contributed by atoms with Gasteiger partial charge >= 0.3 is 0 Å². The fourth-order valence-corrected chi connectivity index (χ4v) is 3.50. The molecule has 106 valence electrons. The molecule has 0 saturated carbocycles. The highest BCUT2D eigenvalue weighted by Crippen LogP contribution is 2.30. The van der Waals surface area contributed by atoms with Gasteiger partial charge in [0, 0.05) is 16.7 Å². The Morgan fingerprint density at radius 3 is 2.35 bits per heavy atom. The van der Waals surface area contributed by atoms with Crippen molar-refractivity contribution in [2.45, 2.75) is 43.9 Å². The van der Waals surface area contributed by atoms with Crippen molar-refractivity contribution < 1.29 is 0 Å². The lowest BCUT2D eigenvalue weighted by atomic mass is 10.1. The molecule has 0 radical (unpaired) electrons. The van der Waals surface area contributed by atoms with Crippen molar-refractivity contribution in [3.8, 4) is 0 Å². The fourth-order valence-electron chi connectivity index (χ4n) is 2.45. The Balaban J connectivity index is 2.14. The monoisotopic (exact) mass is 285 g/mol. The molecule has 0 saturated heterocycles. The number of benzene rings is 2. The number of aryl methyl sites for hydroxylation is 2. The van der Waals surface area contributed by atoms with Crippen molar-refractivity contribution in [2.75, 3.05) is 0 Å². The van der Waals surface area contributed by atoms with Gasteiger partial charge in [-0.15, -0.1) is 11.8 Å². The fraction of sp³-hybridized carbons (Fsp3) is 0.333. The first-order valence-corrected chi connectivity index (χ1v) is 8.13. The lowest BCUT2D eigenvalue weighted by Crippen LogP contribution is -2.09. The summed E-state index contributed by atoms with van der Waals surface area (Å²) >= 11 is 1.88. The summed E-state index contributed by atoms with van der Waals surface area (Å²) in [4.78, 5) is 1.31. The van der Waals surface area contributed by atoms with E-state index in [0.29, 0.717) is 0 Å². The summed E-state index contributed by atoms with van der Waals surface area (Å²) in [6.45, 7) is 6.44. The first-order valence-electron chi connectivity index (χ1n) is 7.14. The van der Waals surface area contributed by atoms with Gasteiger partial charge in [-0.1, -0.05) is 54.4 Å². The third kappa shape index (κ3) is 3.87. The Morgan fingerprint density at radius 1 is 1.05 bits per heavy atom. The summed E-state index contributed by atoms with van der Waals surface area (Å²) in [5.41, 5.74) is 11.5. The van der Waals surface area contributed by atoms with E-state index in [4.69, 9.17) is 5.73 Å². The minimum Gasteiger partial charge on any atom is -0.324 e. The van der Waals surface area contributed by atoms with Crippen molar-refractivity contribution in [1.29, 1.82) is 0 Å². The zero-order valence-electron chi connectivity index (χ0n) is 12.5. The molecule has 0 aliphatic heterocycles. The Kier molecular flexibility index (Phi) is 5.27. The predicted octanol–water partition coefficient (Wildman–Crippen LogP) is 5.01. The van der Waals surface area contributed by atoms with E-state index in [0.717, 1.165) is 12.2 Å². The van der Waals surface area contributed by atoms with Crippen LogP contribution in [0.2, 0.25) is 0 Å². The van der Waals surface area contributed by atoms with Crippen LogP contribution in [0.5, 0.6) is 0 Å². The second kappa shape index (κ2) is 6.96. The molecule has 1 nitrogen and oxygen atoms in total. The van der Waals surface area contributed by atoms with Gasteiger partial charge in [0.2, 0.25) is 0 Å². The topological polar surface area (TPSA) is 26.0 Å². The summed E-state index contributed by atoms with van der Waals surface area (Å²) < 4.78 is 0. The number of rotatable bonds is 5. The second-order valence-electron chi connectivity index (χ2n) is 5.34. The quantitative estimate of drug-likeness (QED) is 0.782. The lowest BCUT2D eigenvalue weighted by molar-refractivity contribution is 0.685. The maximum absolute atomic E-state index is 6.20. The molecule has 0 unspecified atom stereocenters. The molecule has 2 aromatic carbocycles. The third-order valence-corrected chi connectivity index (χ3v) is 4.59. The van der Waals surface area contributed by atoms with Gasteiger partial charge in [-0.25, -0.2) is 0 Å². The predicted molar refractivity (Wildman–Crippen MR) is 89.1 cm³/mol. The number of nitrogens with two attached hydrogens (primary N) is 1. The minimum atomic E-state index is 0.137. The Bertz CT molecular complexity index is 557. The Hall–Kier alpha value is -1.25. The van der Waals surface area contributed by atoms with Crippen molar-refractivity contribution in [2.24, 2.45) is 5.73 Å². The van der Waals surface area contributed by atoms with E-state index in [-0.39, 0.29) is 6.04 Å². The Labute approximate surface area is 126 Å². The average Bonchev–Trinajstić information content (AvgIpc) is 2.43. The van der Waals surface area contributed by atoms with Gasteiger partial charge in [0.25, 0.3) is 0 Å². The van der Waals surface area contributed by atoms with Crippen molar-refractivity contribution >= 4 is 11.8 Å². The van der Waals surface area contributed by atoms with Crippen LogP contribution < -0.4 is 5.73 Å². The summed E-state index contributed by atoms with van der Waals surface area (Å²) in [7, 11) is 0. The van der Waals surface area contributed by atoms with E-state index < -0.39 is 0 Å². The standard InChI is InChI=1S/C18H23NS/c1-4-17(19)16-7-5-6-8-18(16)20-12-15-10-13(2)9-14(3)11-15/h5-11,17H,4,12,19H2,1-3H3/t17-/m0/s1. The van der Waals surface area contributed by atoms with Crippen molar-refractivity contribution in [3.63, 3.8) is 0 Å². The SMILES string of the molecule is CC[C@H](N)c1ccccc1SCc1cc(C)cc(C)c1. The van der Waals surface area contributed by atoms with Crippen LogP contribution in [-0.4, -0.2) is 0 Å². The van der Waals surface area contributed by atoms with Gasteiger partial charge in [-0.3, -0.25) is 0 Å². The average molecular weight is 285 g/mol. The largest absolute Gasteiger partial charge is 0.324 e. The van der Waals surface area contributed by atoms with E-state index in [1.807, 2.05) is 11.8 Å². The smallest absolute Gasteiger partial charge is 0.0303 e. The summed E-state index contributed by atoms with van der Waals surface area (Å²) in [5.74, 6) is 0.996. The highest BCUT2D eigenvalue weighted by atomic mass is 32.2. The Morgan fingerprint density at radius 2 is 1.70 bits per heavy atom. The maximum atomic E-state index is 6.20. The van der Waals surface area contributed by atoms with Gasteiger partial charge in [0.1, 0.15) is 0 Å². The number of hydrogen-bond acceptors (Lipinski definition) is 2. The van der Waals surface area contributed by atoms with Crippen LogP contribution in [0.25, 0.3) is 0 Å². The van der Waals surface area contributed by atoms with Gasteiger partial charge in [0.15, 0.2) is 0 Å². The van der Waals surface area contributed by atoms with E-state index in [1.54, 1.807) is 0 Å². The van der Waals surface area contributed by atoms with Gasteiger partial charge in [0.05, 0.1) is 0 Å². The molecule has 0 heterocycles. The van der Waals surface area contributed by atoms with Crippen LogP contribution in [0.1, 0.15) is 41.6 Å². The van der Waals surface area contributed by atoms with Crippen LogP contribution in [-0.2, 0) is 5.75 Å². The first-order chi connectivity index (χ1) is 9.60. The van der Waals surface area contributed by atoms with Crippen molar-refractivity contribution in [1.82, 2.24) is 0 Å². The van der Waals surface area contributed by atoms with Gasteiger partial charge in [-0.2, -0.15) is 0 Å². The molecule has 1 atom stereocenters. The third-order valence-electron chi connectivity index (χ3n) is 3.43. The van der Waals surface area contributed by atoms with Crippen LogP contribution in [0.4, 0.5) is 0 Å². The van der Waals surface area contributed by atoms with Crippen LogP contribution in [0.15, 0.2) is 47.4 Å². The molecular weight excluding hydrogens is 262 g/mol. The molecule has 0 bridgehead atoms. The zero-order chi connectivity index (χ0) is 14.5. The normalized spacial score (nSPS) is 12.4. The molecule has 0 aromatic heterocycles. The molecule has 0 fully saturated rings. The van der Waals surface area contributed by atoms with Crippen LogP contribution in [0, 0.1) is 13.8 Å². The molecular formula is C18H23NS. The molecule has 0 spiro atoms. The first kappa shape index (κ1) is 15.1. The van der Waals surface area contributed by atoms with E-state index in [9.17, 15) is 0 Å². The number of hydrogen-bond donors (Lipinski definition) is 1. The van der Waals surface area contributed by atoms with Crippen LogP contribution in [0.3, 0.4) is 0 Å². The summed E-state index contributed by atoms with van der Waals surface area (Å²) in [6, 6.07) is 15.4. The molecule has 20 heavy (non-hydrogen) atoms. The van der Waals surface area contributed by atoms with E-state index in [1.165, 1.54) is 27.1 Å². The highest BCUT2D eigenvalue weighted by Gasteiger charge is 2.09. The van der Waals surface area contributed by atoms with Gasteiger partial charge < -0.3 is 5.73 Å². The highest BCUT2D eigenvalue weighted by molar-refractivity contribution is 7.98. The molecule has 2 N–H and O–H groups in total. The zero-order valence-corrected chi connectivity index (χ0v) is 13.3. The molecule has 2 aromatic rings. The molecule has 2 heteroatoms. The second-order valence-corrected chi connectivity index (χ2v) is 6.35. The molecule has 0 aliphatic carbocycles. The molecule has 0 aliphatic rings. The number of thioether (sulfide) groups is 1. The van der Waals surface area contributed by atoms with Crippen molar-refractivity contribution in [3.05, 3.63) is 64.7 Å². The summed E-state index contributed by atoms with van der Waals surface area (Å²) in [5, 5.41) is 0. The summed E-state index contributed by atoms with van der Waals surface area (Å²) in [6.07, 6.45) is 0.973. The van der Waals surface area contributed by atoms with Crippen LogP contribution >= 0.6 is 11.8 Å². The van der Waals surface area contributed by atoms with Gasteiger partial charge in [-0.05, 0) is 37.5 Å². The molecule has 0 amide bonds. The molecule has 2 rings (SSSR count).